The average molecular weight is 290 g/mol. The van der Waals surface area contributed by atoms with Gasteiger partial charge in [0.05, 0.1) is 0 Å². The number of benzene rings is 1. The van der Waals surface area contributed by atoms with E-state index in [0.717, 1.165) is 17.5 Å². The van der Waals surface area contributed by atoms with Crippen molar-refractivity contribution < 1.29 is 14.7 Å². The van der Waals surface area contributed by atoms with Crippen molar-refractivity contribution in [2.24, 2.45) is 0 Å². The molecule has 1 unspecified atom stereocenters. The van der Waals surface area contributed by atoms with E-state index in [1.54, 1.807) is 11.9 Å². The van der Waals surface area contributed by atoms with Crippen LogP contribution in [0.25, 0.3) is 0 Å². The summed E-state index contributed by atoms with van der Waals surface area (Å²) < 4.78 is 0. The third-order valence-corrected chi connectivity index (χ3v) is 4.33. The first-order chi connectivity index (χ1) is 9.95. The Morgan fingerprint density at radius 3 is 2.57 bits per heavy atom. The van der Waals surface area contributed by atoms with Gasteiger partial charge >= 0.3 is 12.0 Å². The third kappa shape index (κ3) is 3.01. The number of carbonyl (C=O) groups excluding carboxylic acids is 1. The zero-order chi connectivity index (χ0) is 15.6. The molecule has 1 aromatic rings. The van der Waals surface area contributed by atoms with Gasteiger partial charge in [0.25, 0.3) is 0 Å². The zero-order valence-corrected chi connectivity index (χ0v) is 12.7. The molecule has 0 saturated carbocycles. The van der Waals surface area contributed by atoms with Crippen LogP contribution in [0.5, 0.6) is 0 Å². The van der Waals surface area contributed by atoms with E-state index in [0.29, 0.717) is 13.0 Å². The predicted molar refractivity (Wildman–Crippen MR) is 80.0 cm³/mol. The standard InChI is InChI=1S/C16H22N2O3/c1-4-11(2)17(3)16(21)18-10-13-8-6-5-7-12(13)9-14(18)15(19)20/h5-8,11,14H,4,9-10H2,1-3H3,(H,19,20)/t11?,14-/m1/s1. The first-order valence-corrected chi connectivity index (χ1v) is 7.28. The first-order valence-electron chi connectivity index (χ1n) is 7.28. The summed E-state index contributed by atoms with van der Waals surface area (Å²) >= 11 is 0. The lowest BCUT2D eigenvalue weighted by Gasteiger charge is -2.38. The molecule has 1 aliphatic heterocycles. The van der Waals surface area contributed by atoms with Crippen molar-refractivity contribution in [2.45, 2.75) is 45.3 Å². The Hall–Kier alpha value is -2.04. The maximum Gasteiger partial charge on any atom is 0.326 e. The predicted octanol–water partition coefficient (Wildman–Crippen LogP) is 2.35. The number of carboxylic acids is 1. The molecule has 0 fully saturated rings. The Bertz CT molecular complexity index is 544. The van der Waals surface area contributed by atoms with E-state index in [4.69, 9.17) is 0 Å². The summed E-state index contributed by atoms with van der Waals surface area (Å²) in [5.41, 5.74) is 2.04. The van der Waals surface area contributed by atoms with Crippen LogP contribution in [0.15, 0.2) is 24.3 Å². The van der Waals surface area contributed by atoms with Gasteiger partial charge in [0.15, 0.2) is 0 Å². The molecule has 2 rings (SSSR count). The van der Waals surface area contributed by atoms with Gasteiger partial charge in [0.1, 0.15) is 6.04 Å². The van der Waals surface area contributed by atoms with Crippen molar-refractivity contribution in [1.82, 2.24) is 9.80 Å². The summed E-state index contributed by atoms with van der Waals surface area (Å²) in [6.07, 6.45) is 1.20. The van der Waals surface area contributed by atoms with Gasteiger partial charge in [0.2, 0.25) is 0 Å². The third-order valence-electron chi connectivity index (χ3n) is 4.33. The van der Waals surface area contributed by atoms with Crippen LogP contribution in [0.4, 0.5) is 4.79 Å². The zero-order valence-electron chi connectivity index (χ0n) is 12.7. The summed E-state index contributed by atoms with van der Waals surface area (Å²) in [5.74, 6) is -0.949. The SMILES string of the molecule is CCC(C)N(C)C(=O)N1Cc2ccccc2C[C@@H]1C(=O)O. The molecule has 2 amide bonds. The highest BCUT2D eigenvalue weighted by molar-refractivity contribution is 5.83. The minimum Gasteiger partial charge on any atom is -0.480 e. The van der Waals surface area contributed by atoms with Crippen molar-refractivity contribution in [3.05, 3.63) is 35.4 Å². The fourth-order valence-electron chi connectivity index (χ4n) is 2.61. The van der Waals surface area contributed by atoms with Crippen LogP contribution >= 0.6 is 0 Å². The molecular weight excluding hydrogens is 268 g/mol. The van der Waals surface area contributed by atoms with Crippen LogP contribution in [-0.4, -0.2) is 46.0 Å². The first kappa shape index (κ1) is 15.4. The second-order valence-corrected chi connectivity index (χ2v) is 5.61. The fraction of sp³-hybridized carbons (Fsp3) is 0.500. The second kappa shape index (κ2) is 6.16. The van der Waals surface area contributed by atoms with Crippen molar-refractivity contribution in [3.8, 4) is 0 Å². The maximum atomic E-state index is 12.6. The number of fused-ring (bicyclic) bond motifs is 1. The molecule has 0 radical (unpaired) electrons. The lowest BCUT2D eigenvalue weighted by atomic mass is 9.94. The Balaban J connectivity index is 2.28. The number of hydrogen-bond donors (Lipinski definition) is 1. The van der Waals surface area contributed by atoms with Gasteiger partial charge < -0.3 is 14.9 Å². The minimum atomic E-state index is -0.949. The van der Waals surface area contributed by atoms with Gasteiger partial charge in [-0.15, -0.1) is 0 Å². The maximum absolute atomic E-state index is 12.6. The smallest absolute Gasteiger partial charge is 0.326 e. The molecule has 5 nitrogen and oxygen atoms in total. The quantitative estimate of drug-likeness (QED) is 0.929. The van der Waals surface area contributed by atoms with E-state index in [1.165, 1.54) is 4.90 Å². The molecule has 1 heterocycles. The number of hydrogen-bond acceptors (Lipinski definition) is 2. The van der Waals surface area contributed by atoms with Gasteiger partial charge in [-0.25, -0.2) is 9.59 Å². The van der Waals surface area contributed by atoms with Crippen LogP contribution in [0, 0.1) is 0 Å². The molecule has 1 N–H and O–H groups in total. The summed E-state index contributed by atoms with van der Waals surface area (Å²) in [4.78, 5) is 27.2. The molecule has 0 spiro atoms. The summed E-state index contributed by atoms with van der Waals surface area (Å²) in [5, 5.41) is 9.45. The molecule has 0 saturated heterocycles. The Kier molecular flexibility index (Phi) is 4.50. The average Bonchev–Trinajstić information content (AvgIpc) is 2.51. The Morgan fingerprint density at radius 1 is 1.38 bits per heavy atom. The monoisotopic (exact) mass is 290 g/mol. The molecule has 0 aliphatic carbocycles. The van der Waals surface area contributed by atoms with E-state index in [2.05, 4.69) is 0 Å². The van der Waals surface area contributed by atoms with Gasteiger partial charge in [-0.2, -0.15) is 0 Å². The molecule has 5 heteroatoms. The molecule has 21 heavy (non-hydrogen) atoms. The number of carboxylic acid groups (broad SMARTS) is 1. The summed E-state index contributed by atoms with van der Waals surface area (Å²) in [7, 11) is 1.73. The van der Waals surface area contributed by atoms with E-state index < -0.39 is 12.0 Å². The Labute approximate surface area is 125 Å². The van der Waals surface area contributed by atoms with Gasteiger partial charge in [-0.1, -0.05) is 31.2 Å². The number of rotatable bonds is 3. The van der Waals surface area contributed by atoms with Gasteiger partial charge in [-0.3, -0.25) is 0 Å². The number of carbonyl (C=O) groups is 2. The lowest BCUT2D eigenvalue weighted by molar-refractivity contribution is -0.142. The van der Waals surface area contributed by atoms with Crippen LogP contribution in [0.1, 0.15) is 31.4 Å². The van der Waals surface area contributed by atoms with Crippen LogP contribution in [-0.2, 0) is 17.8 Å². The number of aliphatic carboxylic acids is 1. The second-order valence-electron chi connectivity index (χ2n) is 5.61. The van der Waals surface area contributed by atoms with E-state index in [-0.39, 0.29) is 12.1 Å². The summed E-state index contributed by atoms with van der Waals surface area (Å²) in [6, 6.07) is 6.79. The highest BCUT2D eigenvalue weighted by Crippen LogP contribution is 2.25. The van der Waals surface area contributed by atoms with Crippen molar-refractivity contribution in [2.75, 3.05) is 7.05 Å². The highest BCUT2D eigenvalue weighted by Gasteiger charge is 2.36. The fourth-order valence-corrected chi connectivity index (χ4v) is 2.61. The van der Waals surface area contributed by atoms with Gasteiger partial charge in [-0.05, 0) is 24.5 Å². The normalized spacial score (nSPS) is 18.8. The van der Waals surface area contributed by atoms with Crippen molar-refractivity contribution in [1.29, 1.82) is 0 Å². The van der Waals surface area contributed by atoms with Crippen molar-refractivity contribution >= 4 is 12.0 Å². The van der Waals surface area contributed by atoms with Gasteiger partial charge in [0, 0.05) is 26.1 Å². The highest BCUT2D eigenvalue weighted by atomic mass is 16.4. The van der Waals surface area contributed by atoms with Crippen LogP contribution in [0.3, 0.4) is 0 Å². The number of nitrogens with zero attached hydrogens (tertiary/aromatic N) is 2. The van der Waals surface area contributed by atoms with E-state index >= 15 is 0 Å². The largest absolute Gasteiger partial charge is 0.480 e. The lowest BCUT2D eigenvalue weighted by Crippen LogP contribution is -2.54. The Morgan fingerprint density at radius 2 is 2.00 bits per heavy atom. The number of urea groups is 1. The molecule has 1 aromatic carbocycles. The van der Waals surface area contributed by atoms with Crippen molar-refractivity contribution in [3.63, 3.8) is 0 Å². The minimum absolute atomic E-state index is 0.0871. The molecule has 0 aromatic heterocycles. The molecule has 2 atom stereocenters. The molecular formula is C16H22N2O3. The van der Waals surface area contributed by atoms with E-state index in [9.17, 15) is 14.7 Å². The van der Waals surface area contributed by atoms with Crippen LogP contribution < -0.4 is 0 Å². The van der Waals surface area contributed by atoms with Crippen LogP contribution in [0.2, 0.25) is 0 Å². The summed E-state index contributed by atoms with van der Waals surface area (Å²) in [6.45, 7) is 4.33. The molecule has 1 aliphatic rings. The molecule has 0 bridgehead atoms. The number of amides is 2. The van der Waals surface area contributed by atoms with E-state index in [1.807, 2.05) is 38.1 Å². The topological polar surface area (TPSA) is 60.9 Å². The molecule has 114 valence electrons.